The van der Waals surface area contributed by atoms with E-state index in [1.807, 2.05) is 29.1 Å². The molecule has 150 valence electrons. The summed E-state index contributed by atoms with van der Waals surface area (Å²) in [6, 6.07) is 10.1. The van der Waals surface area contributed by atoms with Crippen LogP contribution in [0.15, 0.2) is 36.5 Å². The number of nitrogens with one attached hydrogen (secondary N) is 2. The summed E-state index contributed by atoms with van der Waals surface area (Å²) in [5, 5.41) is 15.2. The molecule has 2 aromatic heterocycles. The number of aromatic nitrogens is 4. The molecule has 1 fully saturated rings. The second kappa shape index (κ2) is 6.58. The van der Waals surface area contributed by atoms with E-state index >= 15 is 0 Å². The molecule has 1 unspecified atom stereocenters. The van der Waals surface area contributed by atoms with Crippen molar-refractivity contribution in [2.75, 3.05) is 0 Å². The van der Waals surface area contributed by atoms with E-state index in [2.05, 4.69) is 48.4 Å². The number of amides is 1. The highest BCUT2D eigenvalue weighted by atomic mass is 16.2. The van der Waals surface area contributed by atoms with Crippen LogP contribution in [0.2, 0.25) is 0 Å². The van der Waals surface area contributed by atoms with Crippen molar-refractivity contribution in [2.45, 2.75) is 58.4 Å². The summed E-state index contributed by atoms with van der Waals surface area (Å²) >= 11 is 0. The molecular formula is C23H27N5O. The molecule has 2 N–H and O–H groups in total. The van der Waals surface area contributed by atoms with Crippen LogP contribution < -0.4 is 5.32 Å². The molecular weight excluding hydrogens is 362 g/mol. The van der Waals surface area contributed by atoms with Crippen LogP contribution in [-0.2, 0) is 6.42 Å². The van der Waals surface area contributed by atoms with Crippen LogP contribution in [0.25, 0.3) is 5.69 Å². The highest BCUT2D eigenvalue weighted by molar-refractivity contribution is 5.92. The zero-order valence-electron chi connectivity index (χ0n) is 17.2. The molecule has 0 aliphatic heterocycles. The molecule has 2 heterocycles. The molecule has 5 rings (SSSR count). The Labute approximate surface area is 170 Å². The number of carbonyl (C=O) groups is 1. The fourth-order valence-corrected chi connectivity index (χ4v) is 4.47. The van der Waals surface area contributed by atoms with Gasteiger partial charge in [-0.2, -0.15) is 10.2 Å². The molecule has 1 aromatic carbocycles. The maximum atomic E-state index is 12.9. The van der Waals surface area contributed by atoms with Gasteiger partial charge >= 0.3 is 0 Å². The minimum Gasteiger partial charge on any atom is -0.344 e. The summed E-state index contributed by atoms with van der Waals surface area (Å²) in [6.45, 7) is 6.61. The van der Waals surface area contributed by atoms with Gasteiger partial charge in [-0.1, -0.05) is 32.0 Å². The van der Waals surface area contributed by atoms with Crippen molar-refractivity contribution in [2.24, 2.45) is 5.41 Å². The van der Waals surface area contributed by atoms with Gasteiger partial charge in [-0.25, -0.2) is 4.68 Å². The molecule has 2 aliphatic carbocycles. The number of carbonyl (C=O) groups excluding carboxylic acids is 1. The van der Waals surface area contributed by atoms with Crippen molar-refractivity contribution in [3.63, 3.8) is 0 Å². The maximum absolute atomic E-state index is 12.9. The van der Waals surface area contributed by atoms with E-state index < -0.39 is 0 Å². The number of rotatable bonds is 4. The summed E-state index contributed by atoms with van der Waals surface area (Å²) in [7, 11) is 0. The van der Waals surface area contributed by atoms with E-state index in [1.165, 1.54) is 24.1 Å². The third kappa shape index (κ3) is 3.37. The first-order valence-corrected chi connectivity index (χ1v) is 10.4. The lowest BCUT2D eigenvalue weighted by atomic mass is 9.74. The van der Waals surface area contributed by atoms with E-state index in [4.69, 9.17) is 5.10 Å². The first-order chi connectivity index (χ1) is 13.9. The Balaban J connectivity index is 1.46. The van der Waals surface area contributed by atoms with Gasteiger partial charge < -0.3 is 5.32 Å². The van der Waals surface area contributed by atoms with Crippen LogP contribution in [0.4, 0.5) is 0 Å². The van der Waals surface area contributed by atoms with Crippen molar-refractivity contribution in [3.05, 3.63) is 64.7 Å². The number of fused-ring (bicyclic) bond motifs is 1. The van der Waals surface area contributed by atoms with Crippen LogP contribution in [0.5, 0.6) is 0 Å². The molecule has 29 heavy (non-hydrogen) atoms. The molecule has 0 saturated heterocycles. The zero-order valence-corrected chi connectivity index (χ0v) is 17.2. The molecule has 6 nitrogen and oxygen atoms in total. The Morgan fingerprint density at radius 2 is 2.07 bits per heavy atom. The van der Waals surface area contributed by atoms with Gasteiger partial charge in [0.05, 0.1) is 23.6 Å². The van der Waals surface area contributed by atoms with Crippen LogP contribution in [0.3, 0.4) is 0 Å². The van der Waals surface area contributed by atoms with Crippen LogP contribution in [0.1, 0.15) is 78.1 Å². The second-order valence-corrected chi connectivity index (χ2v) is 9.30. The standard InChI is InChI=1S/C23H27N5O/c1-14-6-4-5-7-20(14)28-21-12-23(2,3)11-19(16(21)13-24-28)25-22(29)18-10-17(26-27-18)15-8-9-15/h4-7,10,13,15,19H,8-9,11-12H2,1-3H3,(H,25,29)(H,26,27). The Morgan fingerprint density at radius 1 is 1.28 bits per heavy atom. The lowest BCUT2D eigenvalue weighted by Crippen LogP contribution is -2.37. The number of hydrogen-bond donors (Lipinski definition) is 2. The Bertz CT molecular complexity index is 1070. The first kappa shape index (κ1) is 18.2. The summed E-state index contributed by atoms with van der Waals surface area (Å²) in [5.74, 6) is 0.432. The van der Waals surface area contributed by atoms with Crippen molar-refractivity contribution < 1.29 is 4.79 Å². The third-order valence-corrected chi connectivity index (χ3v) is 6.18. The van der Waals surface area contributed by atoms with Gasteiger partial charge in [0.15, 0.2) is 0 Å². The smallest absolute Gasteiger partial charge is 0.272 e. The van der Waals surface area contributed by atoms with Crippen molar-refractivity contribution in [1.82, 2.24) is 25.3 Å². The largest absolute Gasteiger partial charge is 0.344 e. The minimum atomic E-state index is -0.120. The van der Waals surface area contributed by atoms with E-state index in [0.717, 1.165) is 29.8 Å². The van der Waals surface area contributed by atoms with E-state index in [9.17, 15) is 4.79 Å². The molecule has 2 aliphatic rings. The Morgan fingerprint density at radius 3 is 2.83 bits per heavy atom. The predicted molar refractivity (Wildman–Crippen MR) is 111 cm³/mol. The maximum Gasteiger partial charge on any atom is 0.272 e. The van der Waals surface area contributed by atoms with Crippen molar-refractivity contribution in [1.29, 1.82) is 0 Å². The molecule has 1 amide bonds. The summed E-state index contributed by atoms with van der Waals surface area (Å²) in [4.78, 5) is 12.9. The van der Waals surface area contributed by atoms with E-state index in [1.54, 1.807) is 0 Å². The quantitative estimate of drug-likeness (QED) is 0.701. The van der Waals surface area contributed by atoms with E-state index in [-0.39, 0.29) is 17.4 Å². The zero-order chi connectivity index (χ0) is 20.2. The van der Waals surface area contributed by atoms with Gasteiger partial charge in [0, 0.05) is 17.2 Å². The molecule has 0 bridgehead atoms. The summed E-state index contributed by atoms with van der Waals surface area (Å²) in [6.07, 6.45) is 6.09. The van der Waals surface area contributed by atoms with Gasteiger partial charge in [-0.05, 0) is 55.7 Å². The fourth-order valence-electron chi connectivity index (χ4n) is 4.47. The topological polar surface area (TPSA) is 75.6 Å². The molecule has 0 spiro atoms. The Hall–Kier alpha value is -2.89. The van der Waals surface area contributed by atoms with Crippen molar-refractivity contribution >= 4 is 5.91 Å². The highest BCUT2D eigenvalue weighted by Gasteiger charge is 2.36. The first-order valence-electron chi connectivity index (χ1n) is 10.4. The monoisotopic (exact) mass is 389 g/mol. The fraction of sp³-hybridized carbons (Fsp3) is 0.435. The average molecular weight is 390 g/mol. The Kier molecular flexibility index (Phi) is 4.12. The predicted octanol–water partition coefficient (Wildman–Crippen LogP) is 4.22. The normalized spacial score (nSPS) is 20.3. The van der Waals surface area contributed by atoms with Crippen LogP contribution in [0, 0.1) is 12.3 Å². The van der Waals surface area contributed by atoms with Gasteiger partial charge in [-0.3, -0.25) is 9.89 Å². The highest BCUT2D eigenvalue weighted by Crippen LogP contribution is 2.42. The van der Waals surface area contributed by atoms with Crippen molar-refractivity contribution in [3.8, 4) is 5.69 Å². The SMILES string of the molecule is Cc1ccccc1-n1ncc2c1CC(C)(C)CC2NC(=O)c1cc(C2CC2)[nH]n1. The molecule has 1 atom stereocenters. The number of para-hydroxylation sites is 1. The van der Waals surface area contributed by atoms with E-state index in [0.29, 0.717) is 11.6 Å². The lowest BCUT2D eigenvalue weighted by molar-refractivity contribution is 0.0914. The number of aromatic amines is 1. The number of benzene rings is 1. The molecule has 3 aromatic rings. The van der Waals surface area contributed by atoms with Crippen LogP contribution >= 0.6 is 0 Å². The van der Waals surface area contributed by atoms with Gasteiger partial charge in [0.2, 0.25) is 0 Å². The molecule has 6 heteroatoms. The summed E-state index contributed by atoms with van der Waals surface area (Å²) < 4.78 is 2.05. The lowest BCUT2D eigenvalue weighted by Gasteiger charge is -2.36. The number of hydrogen-bond acceptors (Lipinski definition) is 3. The molecule has 0 radical (unpaired) electrons. The van der Waals surface area contributed by atoms with Gasteiger partial charge in [0.25, 0.3) is 5.91 Å². The van der Waals surface area contributed by atoms with Gasteiger partial charge in [-0.15, -0.1) is 0 Å². The molecule has 1 saturated carbocycles. The number of H-pyrrole nitrogens is 1. The van der Waals surface area contributed by atoms with Gasteiger partial charge in [0.1, 0.15) is 5.69 Å². The number of nitrogens with zero attached hydrogens (tertiary/aromatic N) is 3. The average Bonchev–Trinajstić information content (AvgIpc) is 3.25. The summed E-state index contributed by atoms with van der Waals surface area (Å²) in [5.41, 5.74) is 6.19. The van der Waals surface area contributed by atoms with Crippen LogP contribution in [-0.4, -0.2) is 25.9 Å². The minimum absolute atomic E-state index is 0.0656. The third-order valence-electron chi connectivity index (χ3n) is 6.18. The number of aryl methyl sites for hydroxylation is 1. The second-order valence-electron chi connectivity index (χ2n) is 9.30.